The first-order valence-electron chi connectivity index (χ1n) is 2.70. The average molecular weight is 154 g/mol. The standard InChI is InChI=1S/C5H11NO2.ClH/c1-7-5-3-8-2-4(5)6;/h4-5H,2-3,6H2,1H3;1H/t4-,5+;/m0./s1. The second-order valence-electron chi connectivity index (χ2n) is 1.98. The smallest absolute Gasteiger partial charge is 0.0977 e. The molecule has 0 aromatic rings. The van der Waals surface area contributed by atoms with Crippen LogP contribution in [0.5, 0.6) is 0 Å². The molecule has 1 aliphatic rings. The maximum Gasteiger partial charge on any atom is 0.0977 e. The molecule has 1 rings (SSSR count). The summed E-state index contributed by atoms with van der Waals surface area (Å²) < 4.78 is 9.98. The predicted molar refractivity (Wildman–Crippen MR) is 36.8 cm³/mol. The van der Waals surface area contributed by atoms with E-state index in [1.165, 1.54) is 0 Å². The van der Waals surface area contributed by atoms with E-state index in [0.29, 0.717) is 13.2 Å². The van der Waals surface area contributed by atoms with Gasteiger partial charge in [0.25, 0.3) is 0 Å². The van der Waals surface area contributed by atoms with E-state index in [9.17, 15) is 0 Å². The van der Waals surface area contributed by atoms with Gasteiger partial charge in [-0.05, 0) is 0 Å². The molecule has 0 spiro atoms. The van der Waals surface area contributed by atoms with Crippen molar-refractivity contribution in [3.8, 4) is 0 Å². The zero-order valence-electron chi connectivity index (χ0n) is 5.37. The number of hydrogen-bond donors (Lipinski definition) is 1. The highest BCUT2D eigenvalue weighted by Crippen LogP contribution is 2.04. The largest absolute Gasteiger partial charge is 0.377 e. The molecule has 1 fully saturated rings. The maximum absolute atomic E-state index is 5.54. The molecule has 0 amide bonds. The van der Waals surface area contributed by atoms with Crippen LogP contribution in [0.1, 0.15) is 0 Å². The van der Waals surface area contributed by atoms with Gasteiger partial charge >= 0.3 is 0 Å². The van der Waals surface area contributed by atoms with Gasteiger partial charge in [-0.2, -0.15) is 0 Å². The first-order chi connectivity index (χ1) is 3.84. The minimum atomic E-state index is 0. The van der Waals surface area contributed by atoms with Crippen LogP contribution in [-0.4, -0.2) is 32.5 Å². The van der Waals surface area contributed by atoms with E-state index in [1.807, 2.05) is 0 Å². The average Bonchev–Trinajstić information content (AvgIpc) is 2.14. The molecule has 0 aromatic carbocycles. The van der Waals surface area contributed by atoms with Crippen molar-refractivity contribution in [2.45, 2.75) is 12.1 Å². The molecular formula is C5H12ClNO2. The van der Waals surface area contributed by atoms with Crippen molar-refractivity contribution in [2.75, 3.05) is 20.3 Å². The molecule has 1 saturated heterocycles. The lowest BCUT2D eigenvalue weighted by Gasteiger charge is -2.08. The highest BCUT2D eigenvalue weighted by molar-refractivity contribution is 5.85. The summed E-state index contributed by atoms with van der Waals surface area (Å²) in [6.07, 6.45) is 0.120. The number of rotatable bonds is 1. The summed E-state index contributed by atoms with van der Waals surface area (Å²) in [6, 6.07) is 0.0833. The van der Waals surface area contributed by atoms with Crippen molar-refractivity contribution in [1.82, 2.24) is 0 Å². The number of hydrogen-bond acceptors (Lipinski definition) is 3. The van der Waals surface area contributed by atoms with Crippen LogP contribution in [0.25, 0.3) is 0 Å². The summed E-state index contributed by atoms with van der Waals surface area (Å²) in [4.78, 5) is 0. The molecule has 0 aromatic heterocycles. The van der Waals surface area contributed by atoms with E-state index in [0.717, 1.165) is 0 Å². The SMILES string of the molecule is CO[C@@H]1COC[C@@H]1N.Cl. The summed E-state index contributed by atoms with van der Waals surface area (Å²) in [7, 11) is 1.65. The quantitative estimate of drug-likeness (QED) is 0.567. The number of halogens is 1. The number of methoxy groups -OCH3 is 1. The van der Waals surface area contributed by atoms with Gasteiger partial charge in [0.15, 0.2) is 0 Å². The van der Waals surface area contributed by atoms with E-state index in [1.54, 1.807) is 7.11 Å². The van der Waals surface area contributed by atoms with Crippen LogP contribution in [0.4, 0.5) is 0 Å². The van der Waals surface area contributed by atoms with Gasteiger partial charge in [0.05, 0.1) is 25.4 Å². The first kappa shape index (κ1) is 9.17. The first-order valence-corrected chi connectivity index (χ1v) is 2.70. The Kier molecular flexibility index (Phi) is 4.14. The third kappa shape index (κ3) is 2.10. The number of nitrogens with two attached hydrogens (primary N) is 1. The Morgan fingerprint density at radius 3 is 2.44 bits per heavy atom. The lowest BCUT2D eigenvalue weighted by atomic mass is 10.2. The highest BCUT2D eigenvalue weighted by Gasteiger charge is 2.23. The molecule has 2 atom stereocenters. The lowest BCUT2D eigenvalue weighted by molar-refractivity contribution is 0.0777. The topological polar surface area (TPSA) is 44.5 Å². The van der Waals surface area contributed by atoms with Gasteiger partial charge in [-0.1, -0.05) is 0 Å². The molecule has 4 heteroatoms. The molecule has 0 saturated carbocycles. The predicted octanol–water partition coefficient (Wildman–Crippen LogP) is -0.219. The summed E-state index contributed by atoms with van der Waals surface area (Å²) in [5, 5.41) is 0. The van der Waals surface area contributed by atoms with E-state index in [-0.39, 0.29) is 24.6 Å². The Balaban J connectivity index is 0.000000640. The Labute approximate surface area is 60.9 Å². The van der Waals surface area contributed by atoms with Crippen molar-refractivity contribution in [1.29, 1.82) is 0 Å². The Morgan fingerprint density at radius 2 is 2.22 bits per heavy atom. The van der Waals surface area contributed by atoms with Crippen molar-refractivity contribution >= 4 is 12.4 Å². The summed E-state index contributed by atoms with van der Waals surface area (Å²) in [5.41, 5.74) is 5.54. The van der Waals surface area contributed by atoms with E-state index >= 15 is 0 Å². The second-order valence-corrected chi connectivity index (χ2v) is 1.98. The third-order valence-electron chi connectivity index (χ3n) is 1.37. The van der Waals surface area contributed by atoms with Gasteiger partial charge < -0.3 is 15.2 Å². The Hall–Kier alpha value is 0.170. The Bertz CT molecular complexity index is 81.4. The molecule has 0 aliphatic carbocycles. The van der Waals surface area contributed by atoms with E-state index in [2.05, 4.69) is 0 Å². The lowest BCUT2D eigenvalue weighted by Crippen LogP contribution is -2.34. The fourth-order valence-corrected chi connectivity index (χ4v) is 0.794. The zero-order valence-corrected chi connectivity index (χ0v) is 6.19. The Morgan fingerprint density at radius 1 is 1.56 bits per heavy atom. The van der Waals surface area contributed by atoms with Gasteiger partial charge in [-0.3, -0.25) is 0 Å². The van der Waals surface area contributed by atoms with Crippen LogP contribution < -0.4 is 5.73 Å². The molecule has 1 heterocycles. The molecule has 3 nitrogen and oxygen atoms in total. The molecule has 9 heavy (non-hydrogen) atoms. The second kappa shape index (κ2) is 4.06. The minimum Gasteiger partial charge on any atom is -0.377 e. The van der Waals surface area contributed by atoms with Crippen LogP contribution >= 0.6 is 12.4 Å². The monoisotopic (exact) mass is 153 g/mol. The van der Waals surface area contributed by atoms with Crippen LogP contribution in [0.2, 0.25) is 0 Å². The van der Waals surface area contributed by atoms with Crippen LogP contribution in [0.3, 0.4) is 0 Å². The molecule has 56 valence electrons. The molecule has 0 unspecified atom stereocenters. The van der Waals surface area contributed by atoms with Crippen molar-refractivity contribution in [2.24, 2.45) is 5.73 Å². The van der Waals surface area contributed by atoms with Gasteiger partial charge in [0.1, 0.15) is 0 Å². The van der Waals surface area contributed by atoms with Gasteiger partial charge in [-0.15, -0.1) is 12.4 Å². The fraction of sp³-hybridized carbons (Fsp3) is 1.00. The van der Waals surface area contributed by atoms with Crippen LogP contribution in [0, 0.1) is 0 Å². The van der Waals surface area contributed by atoms with Crippen molar-refractivity contribution in [3.05, 3.63) is 0 Å². The summed E-state index contributed by atoms with van der Waals surface area (Å²) in [5.74, 6) is 0. The van der Waals surface area contributed by atoms with Crippen LogP contribution in [-0.2, 0) is 9.47 Å². The highest BCUT2D eigenvalue weighted by atomic mass is 35.5. The van der Waals surface area contributed by atoms with Crippen molar-refractivity contribution in [3.63, 3.8) is 0 Å². The number of ether oxygens (including phenoxy) is 2. The van der Waals surface area contributed by atoms with Crippen LogP contribution in [0.15, 0.2) is 0 Å². The molecule has 0 bridgehead atoms. The van der Waals surface area contributed by atoms with E-state index in [4.69, 9.17) is 15.2 Å². The zero-order chi connectivity index (χ0) is 5.98. The van der Waals surface area contributed by atoms with Crippen molar-refractivity contribution < 1.29 is 9.47 Å². The summed E-state index contributed by atoms with van der Waals surface area (Å²) in [6.45, 7) is 1.29. The third-order valence-corrected chi connectivity index (χ3v) is 1.37. The minimum absolute atomic E-state index is 0. The molecule has 2 N–H and O–H groups in total. The summed E-state index contributed by atoms with van der Waals surface area (Å²) >= 11 is 0. The molecular weight excluding hydrogens is 142 g/mol. The fourth-order valence-electron chi connectivity index (χ4n) is 0.794. The van der Waals surface area contributed by atoms with Gasteiger partial charge in [0, 0.05) is 7.11 Å². The van der Waals surface area contributed by atoms with E-state index < -0.39 is 0 Å². The van der Waals surface area contributed by atoms with Gasteiger partial charge in [-0.25, -0.2) is 0 Å². The maximum atomic E-state index is 5.54. The van der Waals surface area contributed by atoms with Gasteiger partial charge in [0.2, 0.25) is 0 Å². The molecule has 0 radical (unpaired) electrons. The normalized spacial score (nSPS) is 34.0. The molecule has 1 aliphatic heterocycles.